The van der Waals surface area contributed by atoms with Gasteiger partial charge in [0.1, 0.15) is 6.04 Å². The van der Waals surface area contributed by atoms with E-state index in [1.807, 2.05) is 0 Å². The summed E-state index contributed by atoms with van der Waals surface area (Å²) in [5.74, 6) is -1.08. The molecule has 0 saturated carbocycles. The van der Waals surface area contributed by atoms with Gasteiger partial charge in [0.05, 0.1) is 4.90 Å². The summed E-state index contributed by atoms with van der Waals surface area (Å²) < 4.78 is 27.1. The average Bonchev–Trinajstić information content (AvgIpc) is 2.56. The number of benzene rings is 2. The second-order valence-corrected chi connectivity index (χ2v) is 6.98. The van der Waals surface area contributed by atoms with Crippen LogP contribution in [0.15, 0.2) is 53.4 Å². The topological polar surface area (TPSA) is 136 Å². The number of carboxylic acid groups (broad SMARTS) is 1. The van der Waals surface area contributed by atoms with Gasteiger partial charge in [0.15, 0.2) is 0 Å². The lowest BCUT2D eigenvalue weighted by molar-refractivity contribution is -0.138. The molecule has 7 nitrogen and oxygen atoms in total. The Bertz CT molecular complexity index is 802. The van der Waals surface area contributed by atoms with Crippen LogP contribution in [0.25, 0.3) is 0 Å². The standard InChI is InChI=1S/C16H19N3O4S/c17-10-12-3-7-14(8-4-12)24(22,23)19-13-5-1-11(2-6-13)9-15(18)16(20)21/h1-8,15,19H,9-10,17-18H2,(H,20,21). The summed E-state index contributed by atoms with van der Waals surface area (Å²) in [5, 5.41) is 8.79. The van der Waals surface area contributed by atoms with Crippen LogP contribution in [0.1, 0.15) is 11.1 Å². The van der Waals surface area contributed by atoms with Crippen molar-refractivity contribution < 1.29 is 18.3 Å². The number of carbonyl (C=O) groups is 1. The van der Waals surface area contributed by atoms with E-state index in [1.54, 1.807) is 36.4 Å². The molecule has 0 spiro atoms. The van der Waals surface area contributed by atoms with E-state index in [0.717, 1.165) is 5.56 Å². The van der Waals surface area contributed by atoms with Crippen molar-refractivity contribution in [2.45, 2.75) is 23.9 Å². The molecule has 0 heterocycles. The number of rotatable bonds is 7. The van der Waals surface area contributed by atoms with E-state index in [2.05, 4.69) is 4.72 Å². The third-order valence-corrected chi connectivity index (χ3v) is 4.85. The van der Waals surface area contributed by atoms with Gasteiger partial charge in [-0.15, -0.1) is 0 Å². The molecule has 128 valence electrons. The van der Waals surface area contributed by atoms with Gasteiger partial charge in [0, 0.05) is 12.2 Å². The summed E-state index contributed by atoms with van der Waals surface area (Å²) in [6.45, 7) is 0.341. The minimum absolute atomic E-state index is 0.136. The molecular weight excluding hydrogens is 330 g/mol. The molecule has 0 aliphatic rings. The highest BCUT2D eigenvalue weighted by molar-refractivity contribution is 7.92. The lowest BCUT2D eigenvalue weighted by atomic mass is 10.1. The highest BCUT2D eigenvalue weighted by Crippen LogP contribution is 2.17. The number of hydrogen-bond acceptors (Lipinski definition) is 5. The summed E-state index contributed by atoms with van der Waals surface area (Å²) >= 11 is 0. The molecule has 2 aromatic carbocycles. The Kier molecular flexibility index (Phi) is 5.55. The van der Waals surface area contributed by atoms with Crippen LogP contribution in [0.5, 0.6) is 0 Å². The number of carboxylic acids is 1. The van der Waals surface area contributed by atoms with E-state index in [-0.39, 0.29) is 11.3 Å². The first-order valence-electron chi connectivity index (χ1n) is 7.21. The molecule has 1 unspecified atom stereocenters. The number of hydrogen-bond donors (Lipinski definition) is 4. The Morgan fingerprint density at radius 3 is 2.08 bits per heavy atom. The molecule has 0 aromatic heterocycles. The van der Waals surface area contributed by atoms with Gasteiger partial charge in [-0.1, -0.05) is 24.3 Å². The SMILES string of the molecule is NCc1ccc(S(=O)(=O)Nc2ccc(CC(N)C(=O)O)cc2)cc1. The summed E-state index contributed by atoms with van der Waals surface area (Å²) in [5.41, 5.74) is 12.9. The number of nitrogens with one attached hydrogen (secondary N) is 1. The van der Waals surface area contributed by atoms with E-state index in [4.69, 9.17) is 16.6 Å². The van der Waals surface area contributed by atoms with Gasteiger partial charge in [0.25, 0.3) is 10.0 Å². The molecule has 0 aliphatic heterocycles. The van der Waals surface area contributed by atoms with Crippen LogP contribution in [0.2, 0.25) is 0 Å². The maximum Gasteiger partial charge on any atom is 0.320 e. The Balaban J connectivity index is 2.10. The van der Waals surface area contributed by atoms with Crippen LogP contribution < -0.4 is 16.2 Å². The predicted molar refractivity (Wildman–Crippen MR) is 90.9 cm³/mol. The number of nitrogens with two attached hydrogens (primary N) is 2. The summed E-state index contributed by atoms with van der Waals surface area (Å²) in [7, 11) is -3.70. The predicted octanol–water partition coefficient (Wildman–Crippen LogP) is 0.901. The Hall–Kier alpha value is -2.42. The van der Waals surface area contributed by atoms with Gasteiger partial charge in [0.2, 0.25) is 0 Å². The number of sulfonamides is 1. The molecule has 24 heavy (non-hydrogen) atoms. The Labute approximate surface area is 140 Å². The van der Waals surface area contributed by atoms with Gasteiger partial charge in [-0.25, -0.2) is 8.42 Å². The summed E-state index contributed by atoms with van der Waals surface area (Å²) in [6.07, 6.45) is 0.170. The second-order valence-electron chi connectivity index (χ2n) is 5.30. The van der Waals surface area contributed by atoms with Crippen LogP contribution in [0.4, 0.5) is 5.69 Å². The normalized spacial score (nSPS) is 12.6. The Morgan fingerprint density at radius 2 is 1.58 bits per heavy atom. The van der Waals surface area contributed by atoms with E-state index in [0.29, 0.717) is 17.8 Å². The Morgan fingerprint density at radius 1 is 1.04 bits per heavy atom. The zero-order valence-corrected chi connectivity index (χ0v) is 13.7. The molecule has 2 aromatic rings. The molecule has 0 aliphatic carbocycles. The maximum absolute atomic E-state index is 12.3. The summed E-state index contributed by atoms with van der Waals surface area (Å²) in [4.78, 5) is 10.9. The molecular formula is C16H19N3O4S. The summed E-state index contributed by atoms with van der Waals surface area (Å²) in [6, 6.07) is 11.7. The van der Waals surface area contributed by atoms with Crippen molar-refractivity contribution >= 4 is 21.7 Å². The average molecular weight is 349 g/mol. The van der Waals surface area contributed by atoms with Gasteiger partial charge in [-0.2, -0.15) is 0 Å². The maximum atomic E-state index is 12.3. The van der Waals surface area contributed by atoms with Gasteiger partial charge < -0.3 is 16.6 Å². The zero-order valence-electron chi connectivity index (χ0n) is 12.8. The van der Waals surface area contributed by atoms with Crippen molar-refractivity contribution in [2.24, 2.45) is 11.5 Å². The smallest absolute Gasteiger partial charge is 0.320 e. The minimum Gasteiger partial charge on any atom is -0.480 e. The molecule has 0 saturated heterocycles. The fraction of sp³-hybridized carbons (Fsp3) is 0.188. The monoisotopic (exact) mass is 349 g/mol. The van der Waals surface area contributed by atoms with Gasteiger partial charge in [-0.05, 0) is 41.8 Å². The van der Waals surface area contributed by atoms with Crippen LogP contribution in [0.3, 0.4) is 0 Å². The van der Waals surface area contributed by atoms with Crippen LogP contribution in [-0.4, -0.2) is 25.5 Å². The third-order valence-electron chi connectivity index (χ3n) is 3.45. The number of aliphatic carboxylic acids is 1. The zero-order chi connectivity index (χ0) is 17.7. The van der Waals surface area contributed by atoms with Crippen molar-refractivity contribution in [3.05, 3.63) is 59.7 Å². The van der Waals surface area contributed by atoms with Crippen LogP contribution in [0, 0.1) is 0 Å². The fourth-order valence-corrected chi connectivity index (χ4v) is 3.13. The first-order chi connectivity index (χ1) is 11.3. The second kappa shape index (κ2) is 7.43. The van der Waals surface area contributed by atoms with Crippen molar-refractivity contribution in [3.8, 4) is 0 Å². The van der Waals surface area contributed by atoms with Crippen molar-refractivity contribution in [1.82, 2.24) is 0 Å². The van der Waals surface area contributed by atoms with Crippen LogP contribution >= 0.6 is 0 Å². The lowest BCUT2D eigenvalue weighted by Gasteiger charge is -2.10. The number of anilines is 1. The van der Waals surface area contributed by atoms with Gasteiger partial charge >= 0.3 is 5.97 Å². The molecule has 0 fully saturated rings. The molecule has 0 radical (unpaired) electrons. The molecule has 2 rings (SSSR count). The van der Waals surface area contributed by atoms with E-state index in [1.165, 1.54) is 12.1 Å². The van der Waals surface area contributed by atoms with Crippen molar-refractivity contribution in [1.29, 1.82) is 0 Å². The first-order valence-corrected chi connectivity index (χ1v) is 8.69. The van der Waals surface area contributed by atoms with E-state index >= 15 is 0 Å². The molecule has 8 heteroatoms. The quantitative estimate of drug-likeness (QED) is 0.586. The molecule has 6 N–H and O–H groups in total. The highest BCUT2D eigenvalue weighted by Gasteiger charge is 2.15. The van der Waals surface area contributed by atoms with E-state index in [9.17, 15) is 13.2 Å². The van der Waals surface area contributed by atoms with Crippen molar-refractivity contribution in [3.63, 3.8) is 0 Å². The van der Waals surface area contributed by atoms with E-state index < -0.39 is 22.0 Å². The molecule has 0 amide bonds. The highest BCUT2D eigenvalue weighted by atomic mass is 32.2. The largest absolute Gasteiger partial charge is 0.480 e. The first kappa shape index (κ1) is 17.9. The van der Waals surface area contributed by atoms with Gasteiger partial charge in [-0.3, -0.25) is 9.52 Å². The molecule has 0 bridgehead atoms. The molecule has 1 atom stereocenters. The van der Waals surface area contributed by atoms with Crippen LogP contribution in [-0.2, 0) is 27.8 Å². The minimum atomic E-state index is -3.70. The third kappa shape index (κ3) is 4.54. The lowest BCUT2D eigenvalue weighted by Crippen LogP contribution is -2.32. The fourth-order valence-electron chi connectivity index (χ4n) is 2.07. The van der Waals surface area contributed by atoms with Crippen molar-refractivity contribution in [2.75, 3.05) is 4.72 Å².